The van der Waals surface area contributed by atoms with E-state index < -0.39 is 0 Å². The number of allylic oxidation sites excluding steroid dienone is 1. The summed E-state index contributed by atoms with van der Waals surface area (Å²) < 4.78 is 5.75. The minimum Gasteiger partial charge on any atom is -0.464 e. The molecule has 0 aliphatic heterocycles. The molecule has 1 heterocycles. The highest BCUT2D eigenvalue weighted by Crippen LogP contribution is 2.41. The molecule has 0 saturated heterocycles. The number of furan rings is 1. The molecule has 1 aliphatic rings. The van der Waals surface area contributed by atoms with Crippen molar-refractivity contribution in [2.24, 2.45) is 0 Å². The first-order chi connectivity index (χ1) is 12.3. The molecule has 0 spiro atoms. The third-order valence-corrected chi connectivity index (χ3v) is 5.41. The van der Waals surface area contributed by atoms with Crippen LogP contribution in [0.25, 0.3) is 22.8 Å². The Kier molecular flexibility index (Phi) is 3.91. The Morgan fingerprint density at radius 2 is 1.73 bits per heavy atom. The monoisotopic (exact) mass is 342 g/mol. The molecule has 132 valence electrons. The predicted molar refractivity (Wildman–Crippen MR) is 110 cm³/mol. The lowest BCUT2D eigenvalue weighted by molar-refractivity contribution is 0.550. The lowest BCUT2D eigenvalue weighted by Gasteiger charge is -2.21. The molecule has 1 nitrogen and oxygen atoms in total. The molecule has 0 atom stereocenters. The number of aryl methyl sites for hydroxylation is 2. The number of hydrogen-bond donors (Lipinski definition) is 0. The fraction of sp³-hybridized carbons (Fsp3) is 0.280. The second kappa shape index (κ2) is 6.02. The van der Waals surface area contributed by atoms with Gasteiger partial charge in [-0.25, -0.2) is 0 Å². The van der Waals surface area contributed by atoms with Crippen molar-refractivity contribution in [2.45, 2.75) is 46.5 Å². The second-order valence-electron chi connectivity index (χ2n) is 8.44. The van der Waals surface area contributed by atoms with E-state index in [0.717, 1.165) is 12.2 Å². The van der Waals surface area contributed by atoms with Gasteiger partial charge in [-0.3, -0.25) is 0 Å². The molecule has 1 heteroatoms. The third-order valence-electron chi connectivity index (χ3n) is 5.41. The Morgan fingerprint density at radius 1 is 0.923 bits per heavy atom. The molecule has 1 aliphatic carbocycles. The normalized spacial score (nSPS) is 13.7. The molecule has 4 rings (SSSR count). The van der Waals surface area contributed by atoms with Crippen LogP contribution < -0.4 is 0 Å². The number of hydrogen-bond acceptors (Lipinski definition) is 1. The first-order valence-corrected chi connectivity index (χ1v) is 9.33. The fourth-order valence-electron chi connectivity index (χ4n) is 3.89. The van der Waals surface area contributed by atoms with Gasteiger partial charge in [-0.05, 0) is 70.3 Å². The van der Waals surface area contributed by atoms with Gasteiger partial charge in [0.25, 0.3) is 0 Å². The van der Waals surface area contributed by atoms with Crippen LogP contribution in [0.4, 0.5) is 0 Å². The van der Waals surface area contributed by atoms with E-state index >= 15 is 0 Å². The van der Waals surface area contributed by atoms with Gasteiger partial charge < -0.3 is 4.42 Å². The maximum Gasteiger partial charge on any atom is 0.133 e. The predicted octanol–water partition coefficient (Wildman–Crippen LogP) is 6.96. The Morgan fingerprint density at radius 3 is 2.42 bits per heavy atom. The first kappa shape index (κ1) is 16.9. The van der Waals surface area contributed by atoms with Gasteiger partial charge in [-0.2, -0.15) is 0 Å². The van der Waals surface area contributed by atoms with Crippen molar-refractivity contribution in [3.8, 4) is 11.1 Å². The molecule has 0 unspecified atom stereocenters. The van der Waals surface area contributed by atoms with E-state index in [-0.39, 0.29) is 5.41 Å². The summed E-state index contributed by atoms with van der Waals surface area (Å²) >= 11 is 0. The van der Waals surface area contributed by atoms with Crippen LogP contribution in [0, 0.1) is 13.8 Å². The molecule has 3 aromatic rings. The SMILES string of the molecule is Cc1ccoc1C1=Cc2c(ccc(C)c2-c2cccc(C(C)(C)C)c2)C1. The minimum atomic E-state index is 0.147. The summed E-state index contributed by atoms with van der Waals surface area (Å²) in [4.78, 5) is 0. The van der Waals surface area contributed by atoms with Crippen molar-refractivity contribution < 1.29 is 4.42 Å². The Labute approximate surface area is 156 Å². The largest absolute Gasteiger partial charge is 0.464 e. The van der Waals surface area contributed by atoms with E-state index in [4.69, 9.17) is 4.42 Å². The zero-order valence-electron chi connectivity index (χ0n) is 16.3. The maximum atomic E-state index is 5.75. The van der Waals surface area contributed by atoms with Gasteiger partial charge in [0.15, 0.2) is 0 Å². The highest BCUT2D eigenvalue weighted by atomic mass is 16.3. The van der Waals surface area contributed by atoms with Gasteiger partial charge in [0.2, 0.25) is 0 Å². The lowest BCUT2D eigenvalue weighted by atomic mass is 9.84. The fourth-order valence-corrected chi connectivity index (χ4v) is 3.89. The zero-order chi connectivity index (χ0) is 18.5. The molecule has 1 aromatic heterocycles. The van der Waals surface area contributed by atoms with Gasteiger partial charge in [0, 0.05) is 12.0 Å². The average molecular weight is 342 g/mol. The van der Waals surface area contributed by atoms with Crippen LogP contribution in [0.5, 0.6) is 0 Å². The Balaban J connectivity index is 1.87. The smallest absolute Gasteiger partial charge is 0.133 e. The Hall–Kier alpha value is -2.54. The molecule has 0 N–H and O–H groups in total. The summed E-state index contributed by atoms with van der Waals surface area (Å²) in [5.41, 5.74) is 10.7. The Bertz CT molecular complexity index is 1010. The van der Waals surface area contributed by atoms with Crippen molar-refractivity contribution in [3.63, 3.8) is 0 Å². The highest BCUT2D eigenvalue weighted by Gasteiger charge is 2.22. The standard InChI is InChI=1S/C25H26O/c1-16-9-10-18-13-20(24-17(2)11-12-26-24)15-22(18)23(16)19-7-6-8-21(14-19)25(3,4)5/h6-12,14-15H,13H2,1-5H3. The van der Waals surface area contributed by atoms with E-state index in [1.54, 1.807) is 6.26 Å². The van der Waals surface area contributed by atoms with Crippen LogP contribution in [-0.4, -0.2) is 0 Å². The number of rotatable bonds is 2. The van der Waals surface area contributed by atoms with E-state index in [9.17, 15) is 0 Å². The number of benzene rings is 2. The molecule has 0 amide bonds. The molecule has 26 heavy (non-hydrogen) atoms. The highest BCUT2D eigenvalue weighted by molar-refractivity contribution is 5.94. The quantitative estimate of drug-likeness (QED) is 0.491. The van der Waals surface area contributed by atoms with Crippen molar-refractivity contribution in [3.05, 3.63) is 82.3 Å². The van der Waals surface area contributed by atoms with Gasteiger partial charge in [-0.15, -0.1) is 0 Å². The van der Waals surface area contributed by atoms with Crippen LogP contribution in [0.15, 0.2) is 53.1 Å². The zero-order valence-corrected chi connectivity index (χ0v) is 16.3. The van der Waals surface area contributed by atoms with E-state index in [0.29, 0.717) is 0 Å². The summed E-state index contributed by atoms with van der Waals surface area (Å²) in [5, 5.41) is 0. The van der Waals surface area contributed by atoms with E-state index in [2.05, 4.69) is 77.1 Å². The average Bonchev–Trinajstić information content (AvgIpc) is 3.19. The summed E-state index contributed by atoms with van der Waals surface area (Å²) in [7, 11) is 0. The van der Waals surface area contributed by atoms with Gasteiger partial charge >= 0.3 is 0 Å². The van der Waals surface area contributed by atoms with Crippen LogP contribution in [0.1, 0.15) is 54.3 Å². The van der Waals surface area contributed by atoms with Gasteiger partial charge in [-0.1, -0.05) is 57.2 Å². The van der Waals surface area contributed by atoms with Crippen LogP contribution in [0.2, 0.25) is 0 Å². The van der Waals surface area contributed by atoms with Crippen molar-refractivity contribution in [1.82, 2.24) is 0 Å². The summed E-state index contributed by atoms with van der Waals surface area (Å²) in [6, 6.07) is 15.6. The molecule has 0 bridgehead atoms. The first-order valence-electron chi connectivity index (χ1n) is 9.33. The molecule has 0 fully saturated rings. The van der Waals surface area contributed by atoms with Crippen LogP contribution in [0.3, 0.4) is 0 Å². The van der Waals surface area contributed by atoms with Gasteiger partial charge in [0.1, 0.15) is 5.76 Å². The molecular weight excluding hydrogens is 316 g/mol. The van der Waals surface area contributed by atoms with Crippen molar-refractivity contribution >= 4 is 11.6 Å². The van der Waals surface area contributed by atoms with Crippen LogP contribution in [-0.2, 0) is 11.8 Å². The molecule has 0 saturated carbocycles. The minimum absolute atomic E-state index is 0.147. The topological polar surface area (TPSA) is 13.1 Å². The molecule has 0 radical (unpaired) electrons. The van der Waals surface area contributed by atoms with Crippen LogP contribution >= 0.6 is 0 Å². The van der Waals surface area contributed by atoms with Crippen molar-refractivity contribution in [1.29, 1.82) is 0 Å². The summed E-state index contributed by atoms with van der Waals surface area (Å²) in [6.45, 7) is 11.1. The summed E-state index contributed by atoms with van der Waals surface area (Å²) in [5.74, 6) is 1.02. The second-order valence-corrected chi connectivity index (χ2v) is 8.44. The molecule has 2 aromatic carbocycles. The third kappa shape index (κ3) is 2.82. The molecular formula is C25H26O. The lowest BCUT2D eigenvalue weighted by Crippen LogP contribution is -2.10. The summed E-state index contributed by atoms with van der Waals surface area (Å²) in [6.07, 6.45) is 5.05. The van der Waals surface area contributed by atoms with E-state index in [1.807, 2.05) is 6.07 Å². The van der Waals surface area contributed by atoms with Crippen molar-refractivity contribution in [2.75, 3.05) is 0 Å². The maximum absolute atomic E-state index is 5.75. The number of fused-ring (bicyclic) bond motifs is 1. The van der Waals surface area contributed by atoms with Gasteiger partial charge in [0.05, 0.1) is 6.26 Å². The van der Waals surface area contributed by atoms with E-state index in [1.165, 1.54) is 44.5 Å².